The van der Waals surface area contributed by atoms with Crippen LogP contribution in [0.5, 0.6) is 5.75 Å². The summed E-state index contributed by atoms with van der Waals surface area (Å²) in [5, 5.41) is 0. The van der Waals surface area contributed by atoms with Gasteiger partial charge in [0.2, 0.25) is 0 Å². The van der Waals surface area contributed by atoms with Crippen molar-refractivity contribution >= 4 is 0 Å². The minimum absolute atomic E-state index is 0.147. The van der Waals surface area contributed by atoms with E-state index in [9.17, 15) is 0 Å². The molecule has 0 amide bonds. The van der Waals surface area contributed by atoms with E-state index in [1.54, 1.807) is 0 Å². The summed E-state index contributed by atoms with van der Waals surface area (Å²) in [6, 6.07) is 18.8. The average Bonchev–Trinajstić information content (AvgIpc) is 3.62. The SMILES string of the molecule is CCC1(C(C)(Oc2cccc(-c3ccccc3)c2)C2(CC)OC2(C)C(C)C)OC1C. The molecular formula is C27H36O3. The van der Waals surface area contributed by atoms with E-state index >= 15 is 0 Å². The lowest BCUT2D eigenvalue weighted by Crippen LogP contribution is -2.62. The van der Waals surface area contributed by atoms with Crippen LogP contribution in [0.15, 0.2) is 54.6 Å². The summed E-state index contributed by atoms with van der Waals surface area (Å²) >= 11 is 0. The molecule has 30 heavy (non-hydrogen) atoms. The highest BCUT2D eigenvalue weighted by Gasteiger charge is 2.84. The molecule has 0 radical (unpaired) electrons. The number of rotatable bonds is 8. The second-order valence-corrected chi connectivity index (χ2v) is 9.58. The standard InChI is InChI=1S/C27H36O3/c1-8-26(20(5)28-26)25(7,27(9-2)24(6,30-27)19(3)4)29-23-17-13-16-22(18-23)21-14-11-10-12-15-21/h10-20H,8-9H2,1-7H3. The Balaban J connectivity index is 1.77. The molecule has 5 atom stereocenters. The molecule has 2 aromatic carbocycles. The molecular weight excluding hydrogens is 372 g/mol. The Morgan fingerprint density at radius 1 is 1.00 bits per heavy atom. The number of ether oxygens (including phenoxy) is 3. The Morgan fingerprint density at radius 3 is 2.13 bits per heavy atom. The molecule has 0 spiro atoms. The number of hydrogen-bond donors (Lipinski definition) is 0. The molecule has 4 rings (SSSR count). The van der Waals surface area contributed by atoms with E-state index in [2.05, 4.69) is 97.0 Å². The zero-order chi connectivity index (χ0) is 21.8. The zero-order valence-electron chi connectivity index (χ0n) is 19.5. The summed E-state index contributed by atoms with van der Waals surface area (Å²) in [6.07, 6.45) is 1.92. The first-order valence-corrected chi connectivity index (χ1v) is 11.4. The summed E-state index contributed by atoms with van der Waals surface area (Å²) < 4.78 is 19.9. The van der Waals surface area contributed by atoms with E-state index in [1.807, 2.05) is 6.07 Å². The van der Waals surface area contributed by atoms with Gasteiger partial charge in [0.25, 0.3) is 0 Å². The van der Waals surface area contributed by atoms with Gasteiger partial charge in [-0.15, -0.1) is 0 Å². The third-order valence-corrected chi connectivity index (χ3v) is 8.10. The van der Waals surface area contributed by atoms with Gasteiger partial charge in [-0.25, -0.2) is 0 Å². The Morgan fingerprint density at radius 2 is 1.63 bits per heavy atom. The van der Waals surface area contributed by atoms with E-state index in [0.29, 0.717) is 5.92 Å². The Kier molecular flexibility index (Phi) is 5.06. The quantitative estimate of drug-likeness (QED) is 0.458. The second-order valence-electron chi connectivity index (χ2n) is 9.58. The van der Waals surface area contributed by atoms with Gasteiger partial charge in [-0.1, -0.05) is 70.2 Å². The molecule has 0 aliphatic carbocycles. The normalized spacial score (nSPS) is 34.5. The lowest BCUT2D eigenvalue weighted by Gasteiger charge is -2.43. The van der Waals surface area contributed by atoms with Crippen molar-refractivity contribution in [2.75, 3.05) is 0 Å². The fourth-order valence-corrected chi connectivity index (χ4v) is 5.86. The highest BCUT2D eigenvalue weighted by atomic mass is 16.7. The van der Waals surface area contributed by atoms with Crippen LogP contribution in [0.3, 0.4) is 0 Å². The molecule has 5 unspecified atom stereocenters. The molecule has 2 saturated heterocycles. The van der Waals surface area contributed by atoms with Gasteiger partial charge in [0.05, 0.1) is 6.10 Å². The number of epoxide rings is 2. The van der Waals surface area contributed by atoms with E-state index in [0.717, 1.165) is 24.2 Å². The highest BCUT2D eigenvalue weighted by molar-refractivity contribution is 5.65. The van der Waals surface area contributed by atoms with Gasteiger partial charge in [0.15, 0.2) is 5.60 Å². The van der Waals surface area contributed by atoms with Crippen molar-refractivity contribution in [3.05, 3.63) is 54.6 Å². The molecule has 2 heterocycles. The monoisotopic (exact) mass is 408 g/mol. The van der Waals surface area contributed by atoms with Gasteiger partial charge in [0, 0.05) is 0 Å². The van der Waals surface area contributed by atoms with Crippen LogP contribution in [0.4, 0.5) is 0 Å². The first-order valence-electron chi connectivity index (χ1n) is 11.4. The molecule has 3 nitrogen and oxygen atoms in total. The van der Waals surface area contributed by atoms with Crippen molar-refractivity contribution in [3.8, 4) is 16.9 Å². The zero-order valence-corrected chi connectivity index (χ0v) is 19.5. The second kappa shape index (κ2) is 7.10. The van der Waals surface area contributed by atoms with Gasteiger partial charge in [0.1, 0.15) is 22.6 Å². The van der Waals surface area contributed by atoms with E-state index in [1.165, 1.54) is 5.56 Å². The van der Waals surface area contributed by atoms with Crippen LogP contribution < -0.4 is 4.74 Å². The lowest BCUT2D eigenvalue weighted by molar-refractivity contribution is -0.0663. The maximum absolute atomic E-state index is 6.97. The number of benzene rings is 2. The molecule has 2 aromatic rings. The summed E-state index contributed by atoms with van der Waals surface area (Å²) in [6.45, 7) is 15.5. The van der Waals surface area contributed by atoms with Crippen LogP contribution in [-0.2, 0) is 9.47 Å². The van der Waals surface area contributed by atoms with Crippen molar-refractivity contribution < 1.29 is 14.2 Å². The largest absolute Gasteiger partial charge is 0.481 e. The van der Waals surface area contributed by atoms with Crippen LogP contribution in [0, 0.1) is 5.92 Å². The van der Waals surface area contributed by atoms with Crippen LogP contribution in [0.25, 0.3) is 11.1 Å². The predicted molar refractivity (Wildman–Crippen MR) is 122 cm³/mol. The lowest BCUT2D eigenvalue weighted by atomic mass is 9.66. The van der Waals surface area contributed by atoms with Crippen molar-refractivity contribution in [2.45, 2.75) is 89.8 Å². The van der Waals surface area contributed by atoms with Crippen LogP contribution in [0.1, 0.15) is 61.3 Å². The fraction of sp³-hybridized carbons (Fsp3) is 0.556. The van der Waals surface area contributed by atoms with Gasteiger partial charge >= 0.3 is 0 Å². The van der Waals surface area contributed by atoms with E-state index in [4.69, 9.17) is 14.2 Å². The molecule has 0 bridgehead atoms. The Bertz CT molecular complexity index is 905. The predicted octanol–water partition coefficient (Wildman–Crippen LogP) is 6.65. The maximum atomic E-state index is 6.97. The summed E-state index contributed by atoms with van der Waals surface area (Å²) in [5.41, 5.74) is 0.764. The smallest absolute Gasteiger partial charge is 0.169 e. The molecule has 3 heteroatoms. The van der Waals surface area contributed by atoms with Crippen LogP contribution in [0.2, 0.25) is 0 Å². The first-order chi connectivity index (χ1) is 14.2. The number of hydrogen-bond acceptors (Lipinski definition) is 3. The molecule has 2 aliphatic heterocycles. The fourth-order valence-electron chi connectivity index (χ4n) is 5.86. The van der Waals surface area contributed by atoms with Crippen molar-refractivity contribution in [1.82, 2.24) is 0 Å². The minimum atomic E-state index is -0.600. The van der Waals surface area contributed by atoms with Gasteiger partial charge in [-0.05, 0) is 62.8 Å². The topological polar surface area (TPSA) is 34.3 Å². The molecule has 0 N–H and O–H groups in total. The summed E-state index contributed by atoms with van der Waals surface area (Å²) in [5.74, 6) is 1.25. The Hall–Kier alpha value is -1.84. The minimum Gasteiger partial charge on any atom is -0.481 e. The van der Waals surface area contributed by atoms with Crippen LogP contribution >= 0.6 is 0 Å². The maximum Gasteiger partial charge on any atom is 0.169 e. The summed E-state index contributed by atoms with van der Waals surface area (Å²) in [7, 11) is 0. The molecule has 2 fully saturated rings. The average molecular weight is 409 g/mol. The van der Waals surface area contributed by atoms with Crippen LogP contribution in [-0.4, -0.2) is 28.5 Å². The van der Waals surface area contributed by atoms with Gasteiger partial charge < -0.3 is 14.2 Å². The molecule has 162 valence electrons. The summed E-state index contributed by atoms with van der Waals surface area (Å²) in [4.78, 5) is 0. The van der Waals surface area contributed by atoms with Gasteiger partial charge in [-0.3, -0.25) is 0 Å². The molecule has 0 aromatic heterocycles. The van der Waals surface area contributed by atoms with Gasteiger partial charge in [-0.2, -0.15) is 0 Å². The third kappa shape index (κ3) is 2.78. The van der Waals surface area contributed by atoms with E-state index in [-0.39, 0.29) is 17.3 Å². The van der Waals surface area contributed by atoms with Crippen molar-refractivity contribution in [3.63, 3.8) is 0 Å². The molecule has 0 saturated carbocycles. The third-order valence-electron chi connectivity index (χ3n) is 8.10. The highest BCUT2D eigenvalue weighted by Crippen LogP contribution is 2.68. The van der Waals surface area contributed by atoms with E-state index < -0.39 is 11.2 Å². The molecule has 2 aliphatic rings. The van der Waals surface area contributed by atoms with Crippen molar-refractivity contribution in [2.24, 2.45) is 5.92 Å². The van der Waals surface area contributed by atoms with Crippen molar-refractivity contribution in [1.29, 1.82) is 0 Å². The first kappa shape index (κ1) is 21.4. The Labute approximate surface area is 181 Å².